The Bertz CT molecular complexity index is 1570. The summed E-state index contributed by atoms with van der Waals surface area (Å²) in [6.07, 6.45) is 2.00. The number of carbonyl (C=O) groups excluding carboxylic acids is 1. The van der Waals surface area contributed by atoms with Gasteiger partial charge in [0.05, 0.1) is 23.3 Å². The van der Waals surface area contributed by atoms with Crippen LogP contribution in [0.5, 0.6) is 11.6 Å². The maximum absolute atomic E-state index is 12.8. The molecule has 4 rings (SSSR count). The van der Waals surface area contributed by atoms with Crippen molar-refractivity contribution in [3.8, 4) is 17.3 Å². The van der Waals surface area contributed by atoms with Gasteiger partial charge in [-0.25, -0.2) is 14.4 Å². The number of nitrogens with zero attached hydrogens (tertiary/aromatic N) is 3. The van der Waals surface area contributed by atoms with Crippen molar-refractivity contribution in [1.82, 2.24) is 14.5 Å². The molecular weight excluding hydrogens is 460 g/mol. The van der Waals surface area contributed by atoms with Crippen molar-refractivity contribution in [1.29, 1.82) is 0 Å². The van der Waals surface area contributed by atoms with Gasteiger partial charge in [-0.05, 0) is 62.2 Å². The smallest absolute Gasteiger partial charge is 0.335 e. The number of carbonyl (C=O) groups is 1. The second-order valence-electron chi connectivity index (χ2n) is 8.24. The quantitative estimate of drug-likeness (QED) is 0.501. The van der Waals surface area contributed by atoms with Gasteiger partial charge in [-0.2, -0.15) is 0 Å². The van der Waals surface area contributed by atoms with Crippen LogP contribution < -0.4 is 26.6 Å². The molecule has 1 aliphatic heterocycles. The van der Waals surface area contributed by atoms with Crippen LogP contribution >= 0.6 is 0 Å². The molecular formula is C27H28N4O5. The summed E-state index contributed by atoms with van der Waals surface area (Å²) in [5.41, 5.74) is 0.131. The van der Waals surface area contributed by atoms with Gasteiger partial charge in [0.2, 0.25) is 11.8 Å². The van der Waals surface area contributed by atoms with Crippen LogP contribution in [0, 0.1) is 0 Å². The molecule has 0 saturated heterocycles. The molecule has 186 valence electrons. The molecule has 9 heteroatoms. The number of H-pyrrole nitrogens is 1. The van der Waals surface area contributed by atoms with Crippen LogP contribution in [-0.4, -0.2) is 45.2 Å². The van der Waals surface area contributed by atoms with Crippen LogP contribution in [0.1, 0.15) is 32.8 Å². The Kier molecular flexibility index (Phi) is 7.19. The Hall–Kier alpha value is -4.40. The number of amides is 1. The maximum Gasteiger partial charge on any atom is 0.335 e. The maximum atomic E-state index is 12.8. The van der Waals surface area contributed by atoms with Crippen LogP contribution in [0.25, 0.3) is 17.3 Å². The number of benzene rings is 2. The van der Waals surface area contributed by atoms with E-state index < -0.39 is 17.1 Å². The number of fused-ring (bicyclic) bond motifs is 1. The summed E-state index contributed by atoms with van der Waals surface area (Å²) in [6.45, 7) is 6.86. The molecule has 2 N–H and O–H groups in total. The van der Waals surface area contributed by atoms with E-state index in [1.54, 1.807) is 29.2 Å². The summed E-state index contributed by atoms with van der Waals surface area (Å²) in [5.74, 6) is 0.0993. The predicted octanol–water partition coefficient (Wildman–Crippen LogP) is 1.71. The third-order valence-corrected chi connectivity index (χ3v) is 6.05. The second-order valence-corrected chi connectivity index (χ2v) is 8.24. The molecule has 0 aliphatic carbocycles. The molecule has 9 nitrogen and oxygen atoms in total. The highest BCUT2D eigenvalue weighted by molar-refractivity contribution is 5.77. The van der Waals surface area contributed by atoms with Crippen LogP contribution in [0.4, 0.5) is 0 Å². The van der Waals surface area contributed by atoms with Gasteiger partial charge in [0.25, 0.3) is 5.56 Å². The summed E-state index contributed by atoms with van der Waals surface area (Å²) in [5, 5.41) is 12.7. The number of aromatic nitrogens is 2. The monoisotopic (exact) mass is 488 g/mol. The average molecular weight is 489 g/mol. The van der Waals surface area contributed by atoms with Crippen LogP contribution in [0.3, 0.4) is 0 Å². The number of nitrogens with one attached hydrogen (secondary N) is 1. The van der Waals surface area contributed by atoms with E-state index >= 15 is 0 Å². The van der Waals surface area contributed by atoms with Crippen molar-refractivity contribution in [2.45, 2.75) is 27.2 Å². The highest BCUT2D eigenvalue weighted by Gasteiger charge is 2.19. The Morgan fingerprint density at radius 1 is 1.14 bits per heavy atom. The van der Waals surface area contributed by atoms with E-state index in [9.17, 15) is 19.5 Å². The predicted molar refractivity (Wildman–Crippen MR) is 137 cm³/mol. The Labute approximate surface area is 207 Å². The van der Waals surface area contributed by atoms with E-state index in [1.165, 1.54) is 13.0 Å². The molecule has 0 atom stereocenters. The van der Waals surface area contributed by atoms with Gasteiger partial charge in [-0.3, -0.25) is 14.6 Å². The highest BCUT2D eigenvalue weighted by atomic mass is 16.5. The molecule has 3 aromatic rings. The Morgan fingerprint density at radius 3 is 2.53 bits per heavy atom. The molecule has 36 heavy (non-hydrogen) atoms. The minimum atomic E-state index is -0.764. The molecule has 0 saturated carbocycles. The van der Waals surface area contributed by atoms with Crippen molar-refractivity contribution in [2.24, 2.45) is 4.99 Å². The van der Waals surface area contributed by atoms with Crippen LogP contribution in [0.2, 0.25) is 0 Å². The lowest BCUT2D eigenvalue weighted by Gasteiger charge is -2.19. The molecule has 0 bridgehead atoms. The first-order chi connectivity index (χ1) is 17.3. The van der Waals surface area contributed by atoms with Gasteiger partial charge >= 0.3 is 5.69 Å². The summed E-state index contributed by atoms with van der Waals surface area (Å²) >= 11 is 0. The normalized spacial score (nSPS) is 13.4. The number of hydrogen-bond acceptors (Lipinski definition) is 6. The zero-order valence-corrected chi connectivity index (χ0v) is 20.4. The molecule has 0 radical (unpaired) electrons. The zero-order chi connectivity index (χ0) is 25.8. The molecule has 0 spiro atoms. The number of allylic oxidation sites excluding steroid dienone is 1. The summed E-state index contributed by atoms with van der Waals surface area (Å²) in [4.78, 5) is 45.9. The first kappa shape index (κ1) is 24.7. The van der Waals surface area contributed by atoms with Crippen molar-refractivity contribution in [2.75, 3.05) is 19.7 Å². The molecule has 1 amide bonds. The van der Waals surface area contributed by atoms with Crippen molar-refractivity contribution in [3.05, 3.63) is 91.2 Å². The fourth-order valence-corrected chi connectivity index (χ4v) is 4.23. The molecule has 1 aromatic heterocycles. The number of hydrogen-bond donors (Lipinski definition) is 2. The third kappa shape index (κ3) is 4.86. The minimum Gasteiger partial charge on any atom is -0.494 e. The summed E-state index contributed by atoms with van der Waals surface area (Å²) in [6, 6.07) is 14.2. The van der Waals surface area contributed by atoms with E-state index in [4.69, 9.17) is 4.74 Å². The van der Waals surface area contributed by atoms with E-state index in [2.05, 4.69) is 9.98 Å². The lowest BCUT2D eigenvalue weighted by molar-refractivity contribution is -0.128. The van der Waals surface area contributed by atoms with E-state index in [0.717, 1.165) is 20.7 Å². The molecule has 2 heterocycles. The number of ether oxygens (including phenoxy) is 1. The SMILES string of the molecule is CCOc1ccc(-n2c(O)c(/C=C3\N=c4ccccc4=C3CCN(CC)C(C)=O)c(=O)[nH]c2=O)cc1. The summed E-state index contributed by atoms with van der Waals surface area (Å²) in [7, 11) is 0. The fraction of sp³-hybridized carbons (Fsp3) is 0.259. The van der Waals surface area contributed by atoms with Crippen LogP contribution in [0.15, 0.2) is 68.8 Å². The number of para-hydroxylation sites is 1. The van der Waals surface area contributed by atoms with E-state index in [0.29, 0.717) is 43.3 Å². The Balaban J connectivity index is 1.81. The van der Waals surface area contributed by atoms with Crippen molar-refractivity contribution in [3.63, 3.8) is 0 Å². The first-order valence-corrected chi connectivity index (χ1v) is 11.8. The minimum absolute atomic E-state index is 0.0247. The number of aromatic hydroxyl groups is 1. The second kappa shape index (κ2) is 10.5. The van der Waals surface area contributed by atoms with Gasteiger partial charge in [-0.15, -0.1) is 0 Å². The lowest BCUT2D eigenvalue weighted by Crippen LogP contribution is -2.31. The highest BCUT2D eigenvalue weighted by Crippen LogP contribution is 2.25. The van der Waals surface area contributed by atoms with Gasteiger partial charge in [0, 0.05) is 25.2 Å². The van der Waals surface area contributed by atoms with Crippen molar-refractivity contribution < 1.29 is 14.6 Å². The molecule has 0 fully saturated rings. The van der Waals surface area contributed by atoms with Gasteiger partial charge in [-0.1, -0.05) is 18.2 Å². The largest absolute Gasteiger partial charge is 0.494 e. The molecule has 0 unspecified atom stereocenters. The van der Waals surface area contributed by atoms with Gasteiger partial charge in [0.15, 0.2) is 0 Å². The summed E-state index contributed by atoms with van der Waals surface area (Å²) < 4.78 is 6.46. The van der Waals surface area contributed by atoms with Crippen LogP contribution in [-0.2, 0) is 4.79 Å². The standard InChI is InChI=1S/C27H28N4O5/c1-4-30(17(3)32)15-14-21-20-8-6-7-9-23(20)28-24(21)16-22-25(33)29-27(35)31(26(22)34)18-10-12-19(13-11-18)36-5-2/h6-13,16,34H,4-5,14-15H2,1-3H3,(H,29,33,35)/b24-16-. The first-order valence-electron chi connectivity index (χ1n) is 11.8. The van der Waals surface area contributed by atoms with Gasteiger partial charge < -0.3 is 14.7 Å². The topological polar surface area (TPSA) is 117 Å². The molecule has 2 aromatic carbocycles. The number of rotatable bonds is 8. The van der Waals surface area contributed by atoms with E-state index in [-0.39, 0.29) is 11.5 Å². The molecule has 1 aliphatic rings. The lowest BCUT2D eigenvalue weighted by atomic mass is 10.1. The van der Waals surface area contributed by atoms with Gasteiger partial charge in [0.1, 0.15) is 11.3 Å². The Morgan fingerprint density at radius 2 is 1.86 bits per heavy atom. The van der Waals surface area contributed by atoms with E-state index in [1.807, 2.05) is 38.1 Å². The van der Waals surface area contributed by atoms with Crippen molar-refractivity contribution >= 4 is 17.6 Å². The fourth-order valence-electron chi connectivity index (χ4n) is 4.23. The average Bonchev–Trinajstić information content (AvgIpc) is 3.20. The zero-order valence-electron chi connectivity index (χ0n) is 20.4. The third-order valence-electron chi connectivity index (χ3n) is 6.05. The number of aromatic amines is 1.